The molecule has 0 bridgehead atoms. The van der Waals surface area contributed by atoms with Crippen LogP contribution in [-0.4, -0.2) is 25.3 Å². The lowest BCUT2D eigenvalue weighted by molar-refractivity contribution is -0.150. The van der Waals surface area contributed by atoms with Gasteiger partial charge in [0.15, 0.2) is 5.60 Å². The molecule has 0 N–H and O–H groups in total. The summed E-state index contributed by atoms with van der Waals surface area (Å²) in [5.74, 6) is 0.653. The van der Waals surface area contributed by atoms with Gasteiger partial charge in [-0.15, -0.1) is 0 Å². The van der Waals surface area contributed by atoms with Gasteiger partial charge in [0.1, 0.15) is 11.4 Å². The van der Waals surface area contributed by atoms with Gasteiger partial charge in [0.2, 0.25) is 0 Å². The van der Waals surface area contributed by atoms with Crippen molar-refractivity contribution in [2.45, 2.75) is 75.9 Å². The molecule has 2 atom stereocenters. The van der Waals surface area contributed by atoms with E-state index in [1.54, 1.807) is 7.11 Å². The molecular formula is C21H30O4. The molecule has 2 fully saturated rings. The van der Waals surface area contributed by atoms with Crippen LogP contribution in [0.15, 0.2) is 24.3 Å². The van der Waals surface area contributed by atoms with Crippen molar-refractivity contribution in [2.75, 3.05) is 13.7 Å². The molecule has 0 radical (unpaired) electrons. The molecule has 2 unspecified atom stereocenters. The third kappa shape index (κ3) is 3.41. The molecule has 0 amide bonds. The van der Waals surface area contributed by atoms with E-state index in [9.17, 15) is 4.79 Å². The molecule has 2 aliphatic rings. The number of esters is 1. The minimum absolute atomic E-state index is 0.165. The molecule has 138 valence electrons. The van der Waals surface area contributed by atoms with E-state index in [4.69, 9.17) is 14.2 Å². The number of methoxy groups -OCH3 is 1. The fourth-order valence-electron chi connectivity index (χ4n) is 4.12. The predicted octanol–water partition coefficient (Wildman–Crippen LogP) is 4.75. The molecule has 3 rings (SSSR count). The topological polar surface area (TPSA) is 48.1 Å². The SMILES string of the molecule is CCCCCCOC(=O)C12CCCCCC1(c1ccc(OC)cc1)O2. The standard InChI is InChI=1S/C21H30O4/c1-3-4-5-9-16-24-19(22)21-15-8-6-7-14-20(21,25-21)17-10-12-18(23-2)13-11-17/h10-13H,3-9,14-16H2,1-2H3. The van der Waals surface area contributed by atoms with Gasteiger partial charge in [-0.1, -0.05) is 51.2 Å². The Balaban J connectivity index is 1.72. The first-order valence-corrected chi connectivity index (χ1v) is 9.70. The number of hydrogen-bond acceptors (Lipinski definition) is 4. The van der Waals surface area contributed by atoms with Crippen molar-refractivity contribution in [3.05, 3.63) is 29.8 Å². The highest BCUT2D eigenvalue weighted by Crippen LogP contribution is 2.63. The van der Waals surface area contributed by atoms with E-state index in [-0.39, 0.29) is 5.97 Å². The Bertz CT molecular complexity index is 582. The van der Waals surface area contributed by atoms with E-state index >= 15 is 0 Å². The second-order valence-corrected chi connectivity index (χ2v) is 7.24. The zero-order chi connectivity index (χ0) is 17.8. The van der Waals surface area contributed by atoms with E-state index in [0.29, 0.717) is 6.61 Å². The predicted molar refractivity (Wildman–Crippen MR) is 96.7 cm³/mol. The fourth-order valence-corrected chi connectivity index (χ4v) is 4.12. The average Bonchev–Trinajstić information content (AvgIpc) is 3.33. The normalized spacial score (nSPS) is 27.9. The summed E-state index contributed by atoms with van der Waals surface area (Å²) >= 11 is 0. The number of rotatable bonds is 8. The minimum atomic E-state index is -0.775. The van der Waals surface area contributed by atoms with Crippen LogP contribution in [0.3, 0.4) is 0 Å². The molecule has 0 aromatic heterocycles. The zero-order valence-corrected chi connectivity index (χ0v) is 15.5. The maximum absolute atomic E-state index is 12.9. The summed E-state index contributed by atoms with van der Waals surface area (Å²) in [6, 6.07) is 7.94. The van der Waals surface area contributed by atoms with Crippen molar-refractivity contribution in [1.82, 2.24) is 0 Å². The Morgan fingerprint density at radius 3 is 2.56 bits per heavy atom. The van der Waals surface area contributed by atoms with Gasteiger partial charge in [0.25, 0.3) is 0 Å². The number of carbonyl (C=O) groups excluding carboxylic acids is 1. The second kappa shape index (κ2) is 7.77. The maximum atomic E-state index is 12.9. The summed E-state index contributed by atoms with van der Waals surface area (Å²) in [4.78, 5) is 12.9. The average molecular weight is 346 g/mol. The van der Waals surface area contributed by atoms with E-state index in [2.05, 4.69) is 6.92 Å². The van der Waals surface area contributed by atoms with Gasteiger partial charge in [-0.25, -0.2) is 4.79 Å². The minimum Gasteiger partial charge on any atom is -0.497 e. The molecular weight excluding hydrogens is 316 g/mol. The van der Waals surface area contributed by atoms with Gasteiger partial charge in [0, 0.05) is 0 Å². The Labute approximate surface area is 150 Å². The van der Waals surface area contributed by atoms with Crippen LogP contribution < -0.4 is 4.74 Å². The number of benzene rings is 1. The van der Waals surface area contributed by atoms with E-state index in [1.807, 2.05) is 24.3 Å². The maximum Gasteiger partial charge on any atom is 0.341 e. The quantitative estimate of drug-likeness (QED) is 0.387. The van der Waals surface area contributed by atoms with Gasteiger partial charge in [-0.3, -0.25) is 0 Å². The van der Waals surface area contributed by atoms with Crippen molar-refractivity contribution in [3.8, 4) is 5.75 Å². The monoisotopic (exact) mass is 346 g/mol. The molecule has 1 saturated carbocycles. The summed E-state index contributed by atoms with van der Waals surface area (Å²) < 4.78 is 17.1. The third-order valence-electron chi connectivity index (χ3n) is 5.63. The van der Waals surface area contributed by atoms with Crippen LogP contribution in [0, 0.1) is 0 Å². The number of carbonyl (C=O) groups is 1. The molecule has 4 nitrogen and oxygen atoms in total. The van der Waals surface area contributed by atoms with Crippen molar-refractivity contribution in [3.63, 3.8) is 0 Å². The Morgan fingerprint density at radius 2 is 1.84 bits per heavy atom. The highest BCUT2D eigenvalue weighted by atomic mass is 16.7. The molecule has 4 heteroatoms. The van der Waals surface area contributed by atoms with Crippen molar-refractivity contribution >= 4 is 5.97 Å². The summed E-state index contributed by atoms with van der Waals surface area (Å²) in [6.45, 7) is 2.68. The van der Waals surface area contributed by atoms with Crippen molar-refractivity contribution in [2.24, 2.45) is 0 Å². The van der Waals surface area contributed by atoms with Crippen LogP contribution in [0.1, 0.15) is 70.3 Å². The zero-order valence-electron chi connectivity index (χ0n) is 15.5. The van der Waals surface area contributed by atoms with Gasteiger partial charge in [-0.2, -0.15) is 0 Å². The summed E-state index contributed by atoms with van der Waals surface area (Å²) in [7, 11) is 1.66. The molecule has 25 heavy (non-hydrogen) atoms. The van der Waals surface area contributed by atoms with Crippen molar-refractivity contribution in [1.29, 1.82) is 0 Å². The van der Waals surface area contributed by atoms with E-state index in [1.165, 1.54) is 12.8 Å². The molecule has 1 aliphatic carbocycles. The molecule has 1 aliphatic heterocycles. The van der Waals surface area contributed by atoms with Crippen LogP contribution in [-0.2, 0) is 19.9 Å². The van der Waals surface area contributed by atoms with Gasteiger partial charge in [0.05, 0.1) is 13.7 Å². The molecule has 1 saturated heterocycles. The summed E-state index contributed by atoms with van der Waals surface area (Å²) in [5.41, 5.74) is -0.211. The molecule has 1 aromatic carbocycles. The second-order valence-electron chi connectivity index (χ2n) is 7.24. The Kier molecular flexibility index (Phi) is 5.67. The first-order valence-electron chi connectivity index (χ1n) is 9.70. The van der Waals surface area contributed by atoms with Crippen LogP contribution in [0.25, 0.3) is 0 Å². The number of fused-ring (bicyclic) bond motifs is 1. The fraction of sp³-hybridized carbons (Fsp3) is 0.667. The van der Waals surface area contributed by atoms with Gasteiger partial charge >= 0.3 is 5.97 Å². The highest BCUT2D eigenvalue weighted by Gasteiger charge is 2.75. The van der Waals surface area contributed by atoms with Crippen LogP contribution in [0.4, 0.5) is 0 Å². The lowest BCUT2D eigenvalue weighted by Crippen LogP contribution is -2.34. The first kappa shape index (κ1) is 18.2. The first-order chi connectivity index (χ1) is 12.2. The molecule has 0 spiro atoms. The lowest BCUT2D eigenvalue weighted by Gasteiger charge is -2.18. The summed E-state index contributed by atoms with van der Waals surface area (Å²) in [6.07, 6.45) is 9.30. The number of epoxide rings is 1. The number of ether oxygens (including phenoxy) is 3. The largest absolute Gasteiger partial charge is 0.497 e. The number of unbranched alkanes of at least 4 members (excludes halogenated alkanes) is 3. The summed E-state index contributed by atoms with van der Waals surface area (Å²) in [5, 5.41) is 0. The van der Waals surface area contributed by atoms with Gasteiger partial charge in [-0.05, 0) is 43.4 Å². The van der Waals surface area contributed by atoms with Crippen molar-refractivity contribution < 1.29 is 19.0 Å². The third-order valence-corrected chi connectivity index (χ3v) is 5.63. The molecule has 1 heterocycles. The highest BCUT2D eigenvalue weighted by molar-refractivity contribution is 5.85. The van der Waals surface area contributed by atoms with Crippen LogP contribution >= 0.6 is 0 Å². The van der Waals surface area contributed by atoms with Gasteiger partial charge < -0.3 is 14.2 Å². The number of hydrogen-bond donors (Lipinski definition) is 0. The lowest BCUT2D eigenvalue weighted by atomic mass is 9.82. The Morgan fingerprint density at radius 1 is 1.08 bits per heavy atom. The van der Waals surface area contributed by atoms with Crippen LogP contribution in [0.2, 0.25) is 0 Å². The molecule has 1 aromatic rings. The van der Waals surface area contributed by atoms with Crippen LogP contribution in [0.5, 0.6) is 5.75 Å². The van der Waals surface area contributed by atoms with E-state index < -0.39 is 11.2 Å². The van der Waals surface area contributed by atoms with E-state index in [0.717, 1.165) is 56.3 Å². The smallest absolute Gasteiger partial charge is 0.341 e. The Hall–Kier alpha value is -1.55.